The Morgan fingerprint density at radius 3 is 2.64 bits per heavy atom. The SMILES string of the molecule is O=C1NN=C(c2ccc3c(c2)COC2(CCN(C4CCC4)CC2)O3)C2CCC12. The molecule has 148 valence electrons. The maximum absolute atomic E-state index is 11.9. The molecule has 3 heterocycles. The molecule has 3 fully saturated rings. The van der Waals surface area contributed by atoms with Gasteiger partial charge >= 0.3 is 0 Å². The maximum atomic E-state index is 11.9. The molecule has 1 saturated heterocycles. The monoisotopic (exact) mass is 381 g/mol. The summed E-state index contributed by atoms with van der Waals surface area (Å²) in [5.74, 6) is 0.918. The van der Waals surface area contributed by atoms with Crippen LogP contribution in [0.5, 0.6) is 5.75 Å². The number of carbonyl (C=O) groups is 1. The van der Waals surface area contributed by atoms with Crippen LogP contribution in [0.4, 0.5) is 0 Å². The van der Waals surface area contributed by atoms with Crippen molar-refractivity contribution in [3.63, 3.8) is 0 Å². The van der Waals surface area contributed by atoms with Gasteiger partial charge in [-0.1, -0.05) is 6.42 Å². The Labute approximate surface area is 165 Å². The van der Waals surface area contributed by atoms with Crippen LogP contribution in [0.15, 0.2) is 23.3 Å². The second-order valence-corrected chi connectivity index (χ2v) is 9.01. The first-order chi connectivity index (χ1) is 13.7. The van der Waals surface area contributed by atoms with Crippen molar-refractivity contribution in [2.45, 2.75) is 63.4 Å². The van der Waals surface area contributed by atoms with Gasteiger partial charge in [0.05, 0.1) is 12.3 Å². The number of hydrazone groups is 1. The number of carbonyl (C=O) groups excluding carboxylic acids is 1. The summed E-state index contributed by atoms with van der Waals surface area (Å²) in [6, 6.07) is 7.09. The van der Waals surface area contributed by atoms with Crippen LogP contribution in [0, 0.1) is 11.8 Å². The van der Waals surface area contributed by atoms with E-state index < -0.39 is 5.79 Å². The average molecular weight is 381 g/mol. The standard InChI is InChI=1S/C22H27N3O3/c26-21-18-6-5-17(18)20(23-24-21)14-4-7-19-15(12-14)13-27-22(28-19)8-10-25(11-9-22)16-2-1-3-16/h4,7,12,16-18H,1-3,5-6,8-11,13H2,(H,24,26). The molecule has 0 radical (unpaired) electrons. The Balaban J connectivity index is 1.19. The average Bonchev–Trinajstić information content (AvgIpc) is 2.63. The van der Waals surface area contributed by atoms with E-state index >= 15 is 0 Å². The van der Waals surface area contributed by atoms with Gasteiger partial charge in [-0.15, -0.1) is 0 Å². The lowest BCUT2D eigenvalue weighted by Gasteiger charge is -2.47. The van der Waals surface area contributed by atoms with Gasteiger partial charge < -0.3 is 9.47 Å². The Morgan fingerprint density at radius 2 is 1.93 bits per heavy atom. The molecule has 1 N–H and O–H groups in total. The molecule has 0 bridgehead atoms. The number of likely N-dealkylation sites (tertiary alicyclic amines) is 1. The van der Waals surface area contributed by atoms with Crippen molar-refractivity contribution < 1.29 is 14.3 Å². The molecule has 2 aliphatic carbocycles. The maximum Gasteiger partial charge on any atom is 0.243 e. The van der Waals surface area contributed by atoms with Crippen molar-refractivity contribution in [1.29, 1.82) is 0 Å². The third-order valence-electron chi connectivity index (χ3n) is 7.54. The molecular formula is C22H27N3O3. The highest BCUT2D eigenvalue weighted by atomic mass is 16.7. The molecule has 6 heteroatoms. The molecule has 28 heavy (non-hydrogen) atoms. The van der Waals surface area contributed by atoms with Gasteiger partial charge in [-0.05, 0) is 49.4 Å². The highest BCUT2D eigenvalue weighted by Crippen LogP contribution is 2.42. The first kappa shape index (κ1) is 17.0. The third-order valence-corrected chi connectivity index (χ3v) is 7.54. The van der Waals surface area contributed by atoms with Gasteiger partial charge in [-0.25, -0.2) is 5.43 Å². The van der Waals surface area contributed by atoms with Crippen molar-refractivity contribution in [3.05, 3.63) is 29.3 Å². The van der Waals surface area contributed by atoms with E-state index in [1.54, 1.807) is 0 Å². The van der Waals surface area contributed by atoms with Crippen molar-refractivity contribution in [2.24, 2.45) is 16.9 Å². The number of hydrogen-bond donors (Lipinski definition) is 1. The fourth-order valence-electron chi connectivity index (χ4n) is 5.32. The molecule has 6 nitrogen and oxygen atoms in total. The van der Waals surface area contributed by atoms with E-state index in [0.717, 1.165) is 67.4 Å². The molecule has 2 atom stereocenters. The summed E-state index contributed by atoms with van der Waals surface area (Å²) in [7, 11) is 0. The topological polar surface area (TPSA) is 63.2 Å². The van der Waals surface area contributed by atoms with Crippen molar-refractivity contribution in [2.75, 3.05) is 13.1 Å². The van der Waals surface area contributed by atoms with Crippen LogP contribution in [-0.2, 0) is 16.1 Å². The molecular weight excluding hydrogens is 354 g/mol. The summed E-state index contributed by atoms with van der Waals surface area (Å²) >= 11 is 0. The van der Waals surface area contributed by atoms with Crippen LogP contribution >= 0.6 is 0 Å². The highest BCUT2D eigenvalue weighted by Gasteiger charge is 2.44. The molecule has 3 aliphatic heterocycles. The van der Waals surface area contributed by atoms with Gasteiger partial charge in [-0.2, -0.15) is 5.10 Å². The normalized spacial score (nSPS) is 31.6. The van der Waals surface area contributed by atoms with E-state index in [2.05, 4.69) is 33.6 Å². The van der Waals surface area contributed by atoms with E-state index in [1.165, 1.54) is 19.3 Å². The number of ether oxygens (including phenoxy) is 2. The van der Waals surface area contributed by atoms with Gasteiger partial charge in [0.1, 0.15) is 5.75 Å². The van der Waals surface area contributed by atoms with E-state index in [0.29, 0.717) is 6.61 Å². The Hall–Kier alpha value is -1.92. The Morgan fingerprint density at radius 1 is 1.11 bits per heavy atom. The number of fused-ring (bicyclic) bond motifs is 2. The Bertz CT molecular complexity index is 839. The number of nitrogens with one attached hydrogen (secondary N) is 1. The fourth-order valence-corrected chi connectivity index (χ4v) is 5.32. The lowest BCUT2D eigenvalue weighted by Crippen LogP contribution is -2.54. The minimum Gasteiger partial charge on any atom is -0.462 e. The van der Waals surface area contributed by atoms with Crippen LogP contribution in [0.3, 0.4) is 0 Å². The lowest BCUT2D eigenvalue weighted by atomic mass is 9.68. The molecule has 1 aromatic rings. The fraction of sp³-hybridized carbons (Fsp3) is 0.636. The highest BCUT2D eigenvalue weighted by molar-refractivity contribution is 6.07. The first-order valence-corrected chi connectivity index (χ1v) is 10.8. The second kappa shape index (κ2) is 6.29. The van der Waals surface area contributed by atoms with Crippen LogP contribution in [0.25, 0.3) is 0 Å². The molecule has 0 aromatic heterocycles. The third kappa shape index (κ3) is 2.61. The van der Waals surface area contributed by atoms with Crippen LogP contribution in [0.1, 0.15) is 56.1 Å². The minimum atomic E-state index is -0.454. The summed E-state index contributed by atoms with van der Waals surface area (Å²) < 4.78 is 12.7. The zero-order valence-corrected chi connectivity index (χ0v) is 16.2. The second-order valence-electron chi connectivity index (χ2n) is 9.01. The zero-order chi connectivity index (χ0) is 18.7. The number of amides is 1. The van der Waals surface area contributed by atoms with Crippen molar-refractivity contribution in [3.8, 4) is 5.75 Å². The number of benzene rings is 1. The number of piperidine rings is 1. The summed E-state index contributed by atoms with van der Waals surface area (Å²) in [4.78, 5) is 14.5. The molecule has 6 rings (SSSR count). The molecule has 1 spiro atoms. The summed E-state index contributed by atoms with van der Waals surface area (Å²) in [6.45, 7) is 2.72. The summed E-state index contributed by atoms with van der Waals surface area (Å²) in [5, 5.41) is 4.36. The van der Waals surface area contributed by atoms with E-state index in [9.17, 15) is 4.79 Å². The smallest absolute Gasteiger partial charge is 0.243 e. The molecule has 1 aromatic carbocycles. The molecule has 2 unspecified atom stereocenters. The van der Waals surface area contributed by atoms with Gasteiger partial charge in [0.25, 0.3) is 0 Å². The van der Waals surface area contributed by atoms with Crippen LogP contribution in [0.2, 0.25) is 0 Å². The predicted octanol–water partition coefficient (Wildman–Crippen LogP) is 2.80. The minimum absolute atomic E-state index is 0.0693. The molecule has 5 aliphatic rings. The van der Waals surface area contributed by atoms with Crippen LogP contribution < -0.4 is 10.2 Å². The Kier molecular flexibility index (Phi) is 3.82. The summed E-state index contributed by atoms with van der Waals surface area (Å²) in [6.07, 6.45) is 7.97. The molecule has 1 amide bonds. The van der Waals surface area contributed by atoms with Crippen molar-refractivity contribution in [1.82, 2.24) is 10.3 Å². The summed E-state index contributed by atoms with van der Waals surface area (Å²) in [5.41, 5.74) is 5.86. The van der Waals surface area contributed by atoms with Gasteiger partial charge in [0.15, 0.2) is 0 Å². The largest absolute Gasteiger partial charge is 0.462 e. The zero-order valence-electron chi connectivity index (χ0n) is 16.2. The number of nitrogens with zero attached hydrogens (tertiary/aromatic N) is 2. The van der Waals surface area contributed by atoms with Gasteiger partial charge in [0, 0.05) is 49.4 Å². The predicted molar refractivity (Wildman–Crippen MR) is 104 cm³/mol. The lowest BCUT2D eigenvalue weighted by molar-refractivity contribution is -0.231. The molecule has 2 saturated carbocycles. The quantitative estimate of drug-likeness (QED) is 0.856. The van der Waals surface area contributed by atoms with Gasteiger partial charge in [0.2, 0.25) is 11.7 Å². The van der Waals surface area contributed by atoms with E-state index in [4.69, 9.17) is 9.47 Å². The number of hydrogen-bond acceptors (Lipinski definition) is 5. The number of rotatable bonds is 2. The van der Waals surface area contributed by atoms with Crippen LogP contribution in [-0.4, -0.2) is 41.4 Å². The van der Waals surface area contributed by atoms with Crippen molar-refractivity contribution >= 4 is 11.6 Å². The first-order valence-electron chi connectivity index (χ1n) is 10.8. The van der Waals surface area contributed by atoms with Gasteiger partial charge in [-0.3, -0.25) is 9.69 Å². The van der Waals surface area contributed by atoms with E-state index in [1.807, 2.05) is 0 Å². The van der Waals surface area contributed by atoms with E-state index in [-0.39, 0.29) is 17.7 Å².